The summed E-state index contributed by atoms with van der Waals surface area (Å²) in [6.07, 6.45) is 3.91. The third-order valence-electron chi connectivity index (χ3n) is 3.50. The molecule has 0 radical (unpaired) electrons. The molecule has 0 spiro atoms. The Morgan fingerprint density at radius 2 is 2.12 bits per heavy atom. The van der Waals surface area contributed by atoms with Crippen LogP contribution >= 0.6 is 0 Å². The fourth-order valence-electron chi connectivity index (χ4n) is 2.70. The van der Waals surface area contributed by atoms with Gasteiger partial charge in [0.2, 0.25) is 0 Å². The molecule has 1 unspecified atom stereocenters. The van der Waals surface area contributed by atoms with Crippen LogP contribution in [0.5, 0.6) is 0 Å². The standard InChI is InChI=1S/C13H16O3S/c1-2-9-13(17(14,15)16)10-5-7-11-6-3-4-8-12(11)13/h2-4,6,8H,1,5,7,9-10H2,(H,14,15,16). The van der Waals surface area contributed by atoms with Crippen molar-refractivity contribution in [1.29, 1.82) is 0 Å². The molecule has 0 saturated carbocycles. The summed E-state index contributed by atoms with van der Waals surface area (Å²) in [6.45, 7) is 3.61. The minimum Gasteiger partial charge on any atom is -0.285 e. The van der Waals surface area contributed by atoms with E-state index in [1.54, 1.807) is 12.1 Å². The lowest BCUT2D eigenvalue weighted by Gasteiger charge is -2.35. The summed E-state index contributed by atoms with van der Waals surface area (Å²) in [7, 11) is -4.13. The van der Waals surface area contributed by atoms with Crippen LogP contribution in [0.25, 0.3) is 0 Å². The lowest BCUT2D eigenvalue weighted by molar-refractivity contribution is 0.394. The Balaban J connectivity index is 2.68. The van der Waals surface area contributed by atoms with E-state index in [-0.39, 0.29) is 6.42 Å². The van der Waals surface area contributed by atoms with Crippen molar-refractivity contribution in [2.24, 2.45) is 0 Å². The summed E-state index contributed by atoms with van der Waals surface area (Å²) in [5, 5.41) is 0. The third kappa shape index (κ3) is 1.91. The van der Waals surface area contributed by atoms with E-state index in [0.29, 0.717) is 6.42 Å². The molecule has 1 N–H and O–H groups in total. The van der Waals surface area contributed by atoms with Gasteiger partial charge < -0.3 is 0 Å². The number of hydrogen-bond acceptors (Lipinski definition) is 2. The van der Waals surface area contributed by atoms with Gasteiger partial charge in [0.05, 0.1) is 0 Å². The average Bonchev–Trinajstić information content (AvgIpc) is 2.28. The van der Waals surface area contributed by atoms with E-state index in [0.717, 1.165) is 24.0 Å². The number of fused-ring (bicyclic) bond motifs is 1. The Morgan fingerprint density at radius 1 is 1.41 bits per heavy atom. The minimum atomic E-state index is -4.13. The smallest absolute Gasteiger partial charge is 0.275 e. The summed E-state index contributed by atoms with van der Waals surface area (Å²) in [5.41, 5.74) is 1.74. The first-order valence-corrected chi connectivity index (χ1v) is 7.11. The molecule has 0 heterocycles. The van der Waals surface area contributed by atoms with Gasteiger partial charge in [0.1, 0.15) is 4.75 Å². The monoisotopic (exact) mass is 252 g/mol. The number of hydrogen-bond donors (Lipinski definition) is 1. The molecule has 1 aliphatic carbocycles. The second-order valence-electron chi connectivity index (χ2n) is 4.47. The van der Waals surface area contributed by atoms with Gasteiger partial charge in [0.15, 0.2) is 0 Å². The van der Waals surface area contributed by atoms with E-state index in [9.17, 15) is 13.0 Å². The van der Waals surface area contributed by atoms with E-state index in [4.69, 9.17) is 0 Å². The summed E-state index contributed by atoms with van der Waals surface area (Å²) in [4.78, 5) is 0. The molecule has 92 valence electrons. The van der Waals surface area contributed by atoms with Crippen LogP contribution < -0.4 is 0 Å². The molecule has 0 amide bonds. The van der Waals surface area contributed by atoms with Crippen LogP contribution in [-0.4, -0.2) is 13.0 Å². The van der Waals surface area contributed by atoms with Crippen molar-refractivity contribution in [2.45, 2.75) is 30.4 Å². The van der Waals surface area contributed by atoms with Crippen molar-refractivity contribution in [3.63, 3.8) is 0 Å². The van der Waals surface area contributed by atoms with Crippen LogP contribution in [0.3, 0.4) is 0 Å². The fourth-order valence-corrected chi connectivity index (χ4v) is 3.91. The predicted octanol–water partition coefficient (Wildman–Crippen LogP) is 2.68. The van der Waals surface area contributed by atoms with Gasteiger partial charge in [-0.3, -0.25) is 4.55 Å². The minimum absolute atomic E-state index is 0.253. The maximum Gasteiger partial charge on any atom is 0.275 e. The molecule has 2 rings (SSSR count). The van der Waals surface area contributed by atoms with Crippen LogP contribution in [0.1, 0.15) is 30.4 Å². The lowest BCUT2D eigenvalue weighted by atomic mass is 9.80. The Bertz CT molecular complexity index is 533. The van der Waals surface area contributed by atoms with Crippen molar-refractivity contribution in [3.05, 3.63) is 48.0 Å². The zero-order valence-corrected chi connectivity index (χ0v) is 10.4. The van der Waals surface area contributed by atoms with Crippen LogP contribution in [0.15, 0.2) is 36.9 Å². The normalized spacial score (nSPS) is 24.1. The van der Waals surface area contributed by atoms with Crippen molar-refractivity contribution < 1.29 is 13.0 Å². The van der Waals surface area contributed by atoms with Gasteiger partial charge in [-0.05, 0) is 36.8 Å². The first-order chi connectivity index (χ1) is 8.01. The van der Waals surface area contributed by atoms with Crippen molar-refractivity contribution in [1.82, 2.24) is 0 Å². The Morgan fingerprint density at radius 3 is 2.76 bits per heavy atom. The zero-order valence-electron chi connectivity index (χ0n) is 9.59. The predicted molar refractivity (Wildman–Crippen MR) is 67.4 cm³/mol. The average molecular weight is 252 g/mol. The highest BCUT2D eigenvalue weighted by molar-refractivity contribution is 7.86. The summed E-state index contributed by atoms with van der Waals surface area (Å²) in [6, 6.07) is 7.43. The fraction of sp³-hybridized carbons (Fsp3) is 0.385. The highest BCUT2D eigenvalue weighted by Crippen LogP contribution is 2.43. The first-order valence-electron chi connectivity index (χ1n) is 5.67. The van der Waals surface area contributed by atoms with Crippen molar-refractivity contribution >= 4 is 10.1 Å². The summed E-state index contributed by atoms with van der Waals surface area (Å²) < 4.78 is 31.9. The zero-order chi connectivity index (χ0) is 12.5. The molecule has 4 heteroatoms. The van der Waals surface area contributed by atoms with Gasteiger partial charge in [0, 0.05) is 0 Å². The quantitative estimate of drug-likeness (QED) is 0.664. The molecule has 0 saturated heterocycles. The third-order valence-corrected chi connectivity index (χ3v) is 5.08. The molecule has 3 nitrogen and oxygen atoms in total. The highest BCUT2D eigenvalue weighted by atomic mass is 32.2. The SMILES string of the molecule is C=CCC1(S(=O)(=O)O)CCCc2ccccc21. The van der Waals surface area contributed by atoms with Crippen molar-refractivity contribution in [2.75, 3.05) is 0 Å². The molecule has 0 bridgehead atoms. The topological polar surface area (TPSA) is 54.4 Å². The summed E-state index contributed by atoms with van der Waals surface area (Å²) >= 11 is 0. The first kappa shape index (κ1) is 12.3. The number of benzene rings is 1. The second kappa shape index (κ2) is 4.27. The Labute approximate surface area is 102 Å². The van der Waals surface area contributed by atoms with Gasteiger partial charge in [-0.15, -0.1) is 6.58 Å². The second-order valence-corrected chi connectivity index (χ2v) is 6.20. The van der Waals surface area contributed by atoms with E-state index < -0.39 is 14.9 Å². The molecule has 1 atom stereocenters. The maximum absolute atomic E-state index is 11.8. The molecule has 1 aromatic rings. The van der Waals surface area contributed by atoms with E-state index in [2.05, 4.69) is 6.58 Å². The molecular formula is C13H16O3S. The van der Waals surface area contributed by atoms with E-state index >= 15 is 0 Å². The van der Waals surface area contributed by atoms with Gasteiger partial charge in [-0.1, -0.05) is 30.3 Å². The highest BCUT2D eigenvalue weighted by Gasteiger charge is 2.46. The molecule has 0 aliphatic heterocycles. The van der Waals surface area contributed by atoms with Crippen LogP contribution in [0.2, 0.25) is 0 Å². The molecule has 1 aromatic carbocycles. The van der Waals surface area contributed by atoms with Crippen LogP contribution in [0, 0.1) is 0 Å². The Kier molecular flexibility index (Phi) is 3.10. The Hall–Kier alpha value is -1.13. The van der Waals surface area contributed by atoms with Gasteiger partial charge >= 0.3 is 0 Å². The number of aryl methyl sites for hydroxylation is 1. The van der Waals surface area contributed by atoms with Crippen LogP contribution in [0.4, 0.5) is 0 Å². The largest absolute Gasteiger partial charge is 0.285 e. The molecule has 0 aromatic heterocycles. The van der Waals surface area contributed by atoms with Gasteiger partial charge in [-0.2, -0.15) is 8.42 Å². The molecule has 0 fully saturated rings. The van der Waals surface area contributed by atoms with Crippen molar-refractivity contribution in [3.8, 4) is 0 Å². The van der Waals surface area contributed by atoms with E-state index in [1.165, 1.54) is 0 Å². The number of allylic oxidation sites excluding steroid dienone is 1. The maximum atomic E-state index is 11.8. The lowest BCUT2D eigenvalue weighted by Crippen LogP contribution is -2.38. The number of rotatable bonds is 3. The molecular weight excluding hydrogens is 236 g/mol. The van der Waals surface area contributed by atoms with Gasteiger partial charge in [-0.25, -0.2) is 0 Å². The van der Waals surface area contributed by atoms with Gasteiger partial charge in [0.25, 0.3) is 10.1 Å². The van der Waals surface area contributed by atoms with E-state index in [1.807, 2.05) is 18.2 Å². The van der Waals surface area contributed by atoms with Crippen LogP contribution in [-0.2, 0) is 21.3 Å². The molecule has 17 heavy (non-hydrogen) atoms. The molecule has 1 aliphatic rings. The summed E-state index contributed by atoms with van der Waals surface area (Å²) in [5.74, 6) is 0.